The average molecular weight is 281 g/mol. The van der Waals surface area contributed by atoms with Gasteiger partial charge in [-0.1, -0.05) is 30.3 Å². The molecule has 0 spiro atoms. The standard InChI is InChI=1S/C16H15N3O2/c1-19-14-10-6-5-9-13(14)18-15(19)11-17-16(20)21-12-7-3-2-4-8-12/h2-10H,11H2,1H3,(H,17,20). The van der Waals surface area contributed by atoms with Crippen LogP contribution in [0.3, 0.4) is 0 Å². The Hall–Kier alpha value is -2.82. The molecule has 0 radical (unpaired) electrons. The summed E-state index contributed by atoms with van der Waals surface area (Å²) < 4.78 is 7.12. The van der Waals surface area contributed by atoms with Crippen molar-refractivity contribution >= 4 is 17.1 Å². The predicted octanol–water partition coefficient (Wildman–Crippen LogP) is 2.86. The molecule has 0 bridgehead atoms. The van der Waals surface area contributed by atoms with Crippen molar-refractivity contribution in [1.82, 2.24) is 14.9 Å². The van der Waals surface area contributed by atoms with Crippen LogP contribution in [0.1, 0.15) is 5.82 Å². The van der Waals surface area contributed by atoms with Crippen LogP contribution in [0.5, 0.6) is 5.75 Å². The lowest BCUT2D eigenvalue weighted by Gasteiger charge is -2.06. The number of imidazole rings is 1. The van der Waals surface area contributed by atoms with Crippen LogP contribution < -0.4 is 10.1 Å². The molecule has 5 nitrogen and oxygen atoms in total. The van der Waals surface area contributed by atoms with Gasteiger partial charge in [0.15, 0.2) is 0 Å². The van der Waals surface area contributed by atoms with Crippen molar-refractivity contribution in [3.05, 3.63) is 60.4 Å². The fourth-order valence-corrected chi connectivity index (χ4v) is 2.14. The summed E-state index contributed by atoms with van der Waals surface area (Å²) >= 11 is 0. The number of hydrogen-bond donors (Lipinski definition) is 1. The van der Waals surface area contributed by atoms with E-state index in [4.69, 9.17) is 4.74 Å². The quantitative estimate of drug-likeness (QED) is 0.803. The molecule has 3 rings (SSSR count). The van der Waals surface area contributed by atoms with E-state index in [0.717, 1.165) is 16.9 Å². The van der Waals surface area contributed by atoms with Gasteiger partial charge in [0.1, 0.15) is 11.6 Å². The molecule has 2 aromatic carbocycles. The minimum Gasteiger partial charge on any atom is -0.410 e. The van der Waals surface area contributed by atoms with Gasteiger partial charge in [0.2, 0.25) is 0 Å². The van der Waals surface area contributed by atoms with Crippen LogP contribution in [-0.2, 0) is 13.6 Å². The maximum absolute atomic E-state index is 11.7. The molecule has 3 aromatic rings. The molecule has 1 aromatic heterocycles. The topological polar surface area (TPSA) is 56.2 Å². The number of nitrogens with zero attached hydrogens (tertiary/aromatic N) is 2. The first-order chi connectivity index (χ1) is 10.2. The van der Waals surface area contributed by atoms with Gasteiger partial charge in [-0.25, -0.2) is 9.78 Å². The highest BCUT2D eigenvalue weighted by Crippen LogP contribution is 2.14. The molecule has 0 saturated carbocycles. The highest BCUT2D eigenvalue weighted by Gasteiger charge is 2.09. The first-order valence-electron chi connectivity index (χ1n) is 6.65. The van der Waals surface area contributed by atoms with Crippen molar-refractivity contribution in [2.24, 2.45) is 7.05 Å². The fraction of sp³-hybridized carbons (Fsp3) is 0.125. The number of para-hydroxylation sites is 3. The highest BCUT2D eigenvalue weighted by atomic mass is 16.6. The van der Waals surface area contributed by atoms with Crippen LogP contribution in [0.15, 0.2) is 54.6 Å². The van der Waals surface area contributed by atoms with Gasteiger partial charge in [-0.2, -0.15) is 0 Å². The largest absolute Gasteiger partial charge is 0.412 e. The van der Waals surface area contributed by atoms with E-state index in [0.29, 0.717) is 12.3 Å². The van der Waals surface area contributed by atoms with Crippen molar-refractivity contribution < 1.29 is 9.53 Å². The van der Waals surface area contributed by atoms with Crippen molar-refractivity contribution in [1.29, 1.82) is 0 Å². The first kappa shape index (κ1) is 13.2. The smallest absolute Gasteiger partial charge is 0.410 e. The number of aromatic nitrogens is 2. The van der Waals surface area contributed by atoms with Crippen LogP contribution in [0.2, 0.25) is 0 Å². The number of rotatable bonds is 3. The maximum atomic E-state index is 11.7. The third-order valence-electron chi connectivity index (χ3n) is 3.22. The van der Waals surface area contributed by atoms with Crippen molar-refractivity contribution in [3.63, 3.8) is 0 Å². The molecule has 0 aliphatic rings. The maximum Gasteiger partial charge on any atom is 0.412 e. The summed E-state index contributed by atoms with van der Waals surface area (Å²) in [5.74, 6) is 1.29. The van der Waals surface area contributed by atoms with E-state index in [1.54, 1.807) is 12.1 Å². The Kier molecular flexibility index (Phi) is 3.55. The number of nitrogens with one attached hydrogen (secondary N) is 1. The fourth-order valence-electron chi connectivity index (χ4n) is 2.14. The molecular weight excluding hydrogens is 266 g/mol. The van der Waals surface area contributed by atoms with Crippen LogP contribution in [0.25, 0.3) is 11.0 Å². The Labute approximate surface area is 122 Å². The van der Waals surface area contributed by atoms with Crippen LogP contribution in [-0.4, -0.2) is 15.6 Å². The second-order valence-electron chi connectivity index (χ2n) is 4.63. The van der Waals surface area contributed by atoms with Crippen LogP contribution in [0.4, 0.5) is 4.79 Å². The van der Waals surface area contributed by atoms with Crippen molar-refractivity contribution in [2.45, 2.75) is 6.54 Å². The third-order valence-corrected chi connectivity index (χ3v) is 3.22. The van der Waals surface area contributed by atoms with Gasteiger partial charge in [0, 0.05) is 7.05 Å². The summed E-state index contributed by atoms with van der Waals surface area (Å²) in [7, 11) is 1.93. The first-order valence-corrected chi connectivity index (χ1v) is 6.65. The minimum absolute atomic E-state index is 0.316. The van der Waals surface area contributed by atoms with Gasteiger partial charge >= 0.3 is 6.09 Å². The number of fused-ring (bicyclic) bond motifs is 1. The average Bonchev–Trinajstić information content (AvgIpc) is 2.83. The number of carbonyl (C=O) groups is 1. The molecule has 0 unspecified atom stereocenters. The van der Waals surface area contributed by atoms with E-state index < -0.39 is 6.09 Å². The Morgan fingerprint density at radius 3 is 2.62 bits per heavy atom. The summed E-state index contributed by atoms with van der Waals surface area (Å²) in [5, 5.41) is 2.70. The lowest BCUT2D eigenvalue weighted by Crippen LogP contribution is -2.27. The molecule has 106 valence electrons. The predicted molar refractivity (Wildman–Crippen MR) is 80.0 cm³/mol. The molecule has 0 fully saturated rings. The van der Waals surface area contributed by atoms with Gasteiger partial charge in [0.25, 0.3) is 0 Å². The molecule has 5 heteroatoms. The van der Waals surface area contributed by atoms with Crippen molar-refractivity contribution in [3.8, 4) is 5.75 Å². The normalized spacial score (nSPS) is 10.5. The van der Waals surface area contributed by atoms with E-state index in [9.17, 15) is 4.79 Å². The van der Waals surface area contributed by atoms with Gasteiger partial charge in [-0.05, 0) is 24.3 Å². The summed E-state index contributed by atoms with van der Waals surface area (Å²) in [6.45, 7) is 0.316. The Morgan fingerprint density at radius 1 is 1.14 bits per heavy atom. The highest BCUT2D eigenvalue weighted by molar-refractivity contribution is 5.76. The Bertz CT molecular complexity index is 766. The van der Waals surface area contributed by atoms with Gasteiger partial charge in [-0.3, -0.25) is 0 Å². The molecule has 0 aliphatic carbocycles. The lowest BCUT2D eigenvalue weighted by atomic mass is 10.3. The van der Waals surface area contributed by atoms with E-state index in [-0.39, 0.29) is 0 Å². The monoisotopic (exact) mass is 281 g/mol. The molecule has 0 aliphatic heterocycles. The minimum atomic E-state index is -0.492. The van der Waals surface area contributed by atoms with Gasteiger partial charge in [0.05, 0.1) is 17.6 Å². The van der Waals surface area contributed by atoms with E-state index in [1.807, 2.05) is 54.1 Å². The van der Waals surface area contributed by atoms with Crippen LogP contribution >= 0.6 is 0 Å². The number of benzene rings is 2. The summed E-state index contributed by atoms with van der Waals surface area (Å²) in [4.78, 5) is 16.2. The van der Waals surface area contributed by atoms with E-state index in [2.05, 4.69) is 10.3 Å². The third kappa shape index (κ3) is 2.86. The number of amides is 1. The zero-order chi connectivity index (χ0) is 14.7. The number of carbonyl (C=O) groups excluding carboxylic acids is 1. The second kappa shape index (κ2) is 5.66. The lowest BCUT2D eigenvalue weighted by molar-refractivity contribution is 0.199. The number of aryl methyl sites for hydroxylation is 1. The summed E-state index contributed by atoms with van der Waals surface area (Å²) in [5.41, 5.74) is 1.94. The molecule has 0 saturated heterocycles. The van der Waals surface area contributed by atoms with E-state index in [1.165, 1.54) is 0 Å². The van der Waals surface area contributed by atoms with Gasteiger partial charge in [-0.15, -0.1) is 0 Å². The molecular formula is C16H15N3O2. The molecule has 0 atom stereocenters. The molecule has 1 amide bonds. The molecule has 21 heavy (non-hydrogen) atoms. The summed E-state index contributed by atoms with van der Waals surface area (Å²) in [6.07, 6.45) is -0.492. The zero-order valence-electron chi connectivity index (χ0n) is 11.6. The number of hydrogen-bond acceptors (Lipinski definition) is 3. The zero-order valence-corrected chi connectivity index (χ0v) is 11.6. The second-order valence-corrected chi connectivity index (χ2v) is 4.63. The SMILES string of the molecule is Cn1c(CNC(=O)Oc2ccccc2)nc2ccccc21. The Morgan fingerprint density at radius 2 is 1.86 bits per heavy atom. The van der Waals surface area contributed by atoms with Gasteiger partial charge < -0.3 is 14.6 Å². The van der Waals surface area contributed by atoms with Crippen molar-refractivity contribution in [2.75, 3.05) is 0 Å². The number of ether oxygens (including phenoxy) is 1. The van der Waals surface area contributed by atoms with Crippen LogP contribution in [0, 0.1) is 0 Å². The Balaban J connectivity index is 1.66. The summed E-state index contributed by atoms with van der Waals surface area (Å²) in [6, 6.07) is 16.8. The van der Waals surface area contributed by atoms with E-state index >= 15 is 0 Å². The molecule has 1 heterocycles. The molecule has 1 N–H and O–H groups in total.